The van der Waals surface area contributed by atoms with Gasteiger partial charge in [0.1, 0.15) is 0 Å². The highest BCUT2D eigenvalue weighted by Crippen LogP contribution is 2.42. The average Bonchev–Trinajstić information content (AvgIpc) is 1.87. The molecule has 10 heavy (non-hydrogen) atoms. The largest absolute Gasteiger partial charge is 0.289 e. The standard InChI is InChI=1S/C8H14BrN/c1-8(9)6-7-2-4-10(8)5-3-7/h7H,2-6H2,1H3. The van der Waals surface area contributed by atoms with E-state index in [2.05, 4.69) is 27.8 Å². The summed E-state index contributed by atoms with van der Waals surface area (Å²) in [5.41, 5.74) is 0. The van der Waals surface area contributed by atoms with E-state index in [1.54, 1.807) is 0 Å². The van der Waals surface area contributed by atoms with Crippen LogP contribution in [0, 0.1) is 5.92 Å². The summed E-state index contributed by atoms with van der Waals surface area (Å²) in [4.78, 5) is 2.56. The number of piperidine rings is 3. The first-order valence-electron chi connectivity index (χ1n) is 4.12. The van der Waals surface area contributed by atoms with Crippen LogP contribution in [-0.2, 0) is 0 Å². The van der Waals surface area contributed by atoms with Crippen LogP contribution in [0.25, 0.3) is 0 Å². The molecule has 58 valence electrons. The van der Waals surface area contributed by atoms with Gasteiger partial charge < -0.3 is 0 Å². The lowest BCUT2D eigenvalue weighted by atomic mass is 9.84. The van der Waals surface area contributed by atoms with Gasteiger partial charge in [0.15, 0.2) is 0 Å². The maximum atomic E-state index is 3.78. The first-order valence-corrected chi connectivity index (χ1v) is 4.92. The quantitative estimate of drug-likeness (QED) is 0.432. The molecular formula is C8H14BrN. The van der Waals surface area contributed by atoms with Gasteiger partial charge in [0, 0.05) is 0 Å². The van der Waals surface area contributed by atoms with Crippen molar-refractivity contribution < 1.29 is 0 Å². The molecule has 0 aromatic heterocycles. The van der Waals surface area contributed by atoms with E-state index in [4.69, 9.17) is 0 Å². The maximum Gasteiger partial charge on any atom is 0.0741 e. The zero-order valence-electron chi connectivity index (χ0n) is 6.44. The van der Waals surface area contributed by atoms with Crippen molar-refractivity contribution >= 4 is 15.9 Å². The Labute approximate surface area is 70.9 Å². The van der Waals surface area contributed by atoms with Crippen molar-refractivity contribution in [3.8, 4) is 0 Å². The van der Waals surface area contributed by atoms with Crippen molar-refractivity contribution in [1.82, 2.24) is 4.90 Å². The average molecular weight is 204 g/mol. The fourth-order valence-corrected chi connectivity index (χ4v) is 3.07. The molecule has 1 unspecified atom stereocenters. The molecular weight excluding hydrogens is 190 g/mol. The molecule has 1 atom stereocenters. The molecule has 0 aromatic carbocycles. The number of alkyl halides is 1. The summed E-state index contributed by atoms with van der Waals surface area (Å²) < 4.78 is 0.341. The molecule has 3 saturated heterocycles. The normalized spacial score (nSPS) is 53.4. The van der Waals surface area contributed by atoms with Crippen LogP contribution in [0.4, 0.5) is 0 Å². The molecule has 3 fully saturated rings. The lowest BCUT2D eigenvalue weighted by Crippen LogP contribution is -2.53. The first-order chi connectivity index (χ1) is 4.68. The van der Waals surface area contributed by atoms with E-state index in [9.17, 15) is 0 Å². The lowest BCUT2D eigenvalue weighted by Gasteiger charge is -2.49. The third kappa shape index (κ3) is 1.02. The minimum atomic E-state index is 0.341. The summed E-state index contributed by atoms with van der Waals surface area (Å²) >= 11 is 3.78. The summed E-state index contributed by atoms with van der Waals surface area (Å²) in [6.45, 7) is 4.93. The number of rotatable bonds is 0. The molecule has 2 bridgehead atoms. The van der Waals surface area contributed by atoms with Gasteiger partial charge in [-0.3, -0.25) is 4.90 Å². The van der Waals surface area contributed by atoms with Crippen molar-refractivity contribution in [3.63, 3.8) is 0 Å². The topological polar surface area (TPSA) is 3.24 Å². The van der Waals surface area contributed by atoms with E-state index in [1.807, 2.05) is 0 Å². The molecule has 0 N–H and O–H groups in total. The molecule has 3 rings (SSSR count). The van der Waals surface area contributed by atoms with E-state index in [-0.39, 0.29) is 0 Å². The number of halogens is 1. The van der Waals surface area contributed by atoms with Crippen LogP contribution in [0.5, 0.6) is 0 Å². The van der Waals surface area contributed by atoms with Crippen molar-refractivity contribution in [3.05, 3.63) is 0 Å². The maximum absolute atomic E-state index is 3.78. The fourth-order valence-electron chi connectivity index (χ4n) is 2.26. The molecule has 0 saturated carbocycles. The zero-order chi connectivity index (χ0) is 7.19. The van der Waals surface area contributed by atoms with Gasteiger partial charge in [-0.2, -0.15) is 0 Å². The third-order valence-electron chi connectivity index (χ3n) is 2.94. The second kappa shape index (κ2) is 2.21. The Morgan fingerprint density at radius 1 is 1.40 bits per heavy atom. The van der Waals surface area contributed by atoms with Gasteiger partial charge in [-0.1, -0.05) is 15.9 Å². The molecule has 3 aliphatic heterocycles. The molecule has 1 nitrogen and oxygen atoms in total. The second-order valence-corrected chi connectivity index (χ2v) is 5.49. The Balaban J connectivity index is 2.15. The van der Waals surface area contributed by atoms with Crippen LogP contribution in [0.3, 0.4) is 0 Å². The molecule has 3 aliphatic rings. The smallest absolute Gasteiger partial charge is 0.0741 e. The first kappa shape index (κ1) is 7.11. The van der Waals surface area contributed by atoms with Crippen LogP contribution in [0.1, 0.15) is 26.2 Å². The molecule has 0 aromatic rings. The third-order valence-corrected chi connectivity index (χ3v) is 3.76. The van der Waals surface area contributed by atoms with Gasteiger partial charge in [-0.25, -0.2) is 0 Å². The van der Waals surface area contributed by atoms with Gasteiger partial charge in [0.2, 0.25) is 0 Å². The van der Waals surface area contributed by atoms with E-state index < -0.39 is 0 Å². The van der Waals surface area contributed by atoms with Crippen LogP contribution in [0.15, 0.2) is 0 Å². The summed E-state index contributed by atoms with van der Waals surface area (Å²) in [5.74, 6) is 1.01. The number of nitrogens with zero attached hydrogens (tertiary/aromatic N) is 1. The summed E-state index contributed by atoms with van der Waals surface area (Å²) in [6, 6.07) is 0. The lowest BCUT2D eigenvalue weighted by molar-refractivity contribution is 0.0430. The number of hydrogen-bond acceptors (Lipinski definition) is 1. The van der Waals surface area contributed by atoms with Crippen molar-refractivity contribution in [2.45, 2.75) is 30.6 Å². The van der Waals surface area contributed by atoms with Crippen molar-refractivity contribution in [2.24, 2.45) is 5.92 Å². The van der Waals surface area contributed by atoms with Gasteiger partial charge in [0.25, 0.3) is 0 Å². The van der Waals surface area contributed by atoms with Gasteiger partial charge >= 0.3 is 0 Å². The highest BCUT2D eigenvalue weighted by molar-refractivity contribution is 9.10. The van der Waals surface area contributed by atoms with E-state index in [0.29, 0.717) is 4.45 Å². The van der Waals surface area contributed by atoms with E-state index in [0.717, 1.165) is 5.92 Å². The molecule has 0 radical (unpaired) electrons. The van der Waals surface area contributed by atoms with Crippen molar-refractivity contribution in [1.29, 1.82) is 0 Å². The number of hydrogen-bond donors (Lipinski definition) is 0. The monoisotopic (exact) mass is 203 g/mol. The Bertz CT molecular complexity index is 136. The second-order valence-electron chi connectivity index (χ2n) is 3.78. The van der Waals surface area contributed by atoms with Crippen LogP contribution in [-0.4, -0.2) is 22.4 Å². The van der Waals surface area contributed by atoms with Gasteiger partial charge in [0.05, 0.1) is 4.45 Å². The Morgan fingerprint density at radius 3 is 2.20 bits per heavy atom. The fraction of sp³-hybridized carbons (Fsp3) is 1.00. The summed E-state index contributed by atoms with van der Waals surface area (Å²) in [5, 5.41) is 0. The van der Waals surface area contributed by atoms with Crippen LogP contribution < -0.4 is 0 Å². The molecule has 3 heterocycles. The highest BCUT2D eigenvalue weighted by atomic mass is 79.9. The SMILES string of the molecule is CC1(Br)CC2CCN1CC2. The summed E-state index contributed by atoms with van der Waals surface area (Å²) in [6.07, 6.45) is 4.22. The predicted octanol–water partition coefficient (Wildman–Crippen LogP) is 2.21. The summed E-state index contributed by atoms with van der Waals surface area (Å²) in [7, 11) is 0. The van der Waals surface area contributed by atoms with Gasteiger partial charge in [-0.15, -0.1) is 0 Å². The number of fused-ring (bicyclic) bond motifs is 3. The van der Waals surface area contributed by atoms with Gasteiger partial charge in [-0.05, 0) is 45.2 Å². The Hall–Kier alpha value is 0.440. The predicted molar refractivity (Wildman–Crippen MR) is 46.2 cm³/mol. The molecule has 0 spiro atoms. The Kier molecular flexibility index (Phi) is 1.57. The highest BCUT2D eigenvalue weighted by Gasteiger charge is 2.40. The molecule has 2 heteroatoms. The van der Waals surface area contributed by atoms with E-state index >= 15 is 0 Å². The van der Waals surface area contributed by atoms with Crippen LogP contribution in [0.2, 0.25) is 0 Å². The van der Waals surface area contributed by atoms with Crippen LogP contribution >= 0.6 is 15.9 Å². The Morgan fingerprint density at radius 2 is 2.00 bits per heavy atom. The molecule has 0 amide bonds. The minimum absolute atomic E-state index is 0.341. The van der Waals surface area contributed by atoms with E-state index in [1.165, 1.54) is 32.4 Å². The van der Waals surface area contributed by atoms with Crippen molar-refractivity contribution in [2.75, 3.05) is 13.1 Å². The molecule has 0 aliphatic carbocycles. The minimum Gasteiger partial charge on any atom is -0.289 e. The zero-order valence-corrected chi connectivity index (χ0v) is 8.02.